The van der Waals surface area contributed by atoms with Crippen LogP contribution < -0.4 is 10.6 Å². The van der Waals surface area contributed by atoms with Crippen LogP contribution >= 0.6 is 35.7 Å². The fourth-order valence-electron chi connectivity index (χ4n) is 3.47. The van der Waals surface area contributed by atoms with Crippen molar-refractivity contribution in [3.05, 3.63) is 11.6 Å². The zero-order valence-electron chi connectivity index (χ0n) is 16.6. The third-order valence-corrected chi connectivity index (χ3v) is 5.97. The molecular weight excluding hydrogens is 475 g/mol. The number of thioether (sulfide) groups is 1. The first-order valence-electron chi connectivity index (χ1n) is 9.49. The number of aryl methyl sites for hydroxylation is 1. The number of nitrogens with one attached hydrogen (secondary N) is 2. The first-order valence-corrected chi connectivity index (χ1v) is 10.9. The molecule has 0 aliphatic carbocycles. The van der Waals surface area contributed by atoms with E-state index < -0.39 is 0 Å². The molecule has 154 valence electrons. The van der Waals surface area contributed by atoms with Crippen LogP contribution in [-0.2, 0) is 13.6 Å². The molecule has 1 aromatic rings. The largest absolute Gasteiger partial charge is 0.356 e. The molecule has 0 spiro atoms. The first kappa shape index (κ1) is 22.7. The van der Waals surface area contributed by atoms with Crippen molar-refractivity contribution in [2.45, 2.75) is 25.9 Å². The SMILES string of the molecule is CSCCCNC(=NCc1nnc(C)n1C)NCC1CN2CCN1CC2.I. The van der Waals surface area contributed by atoms with Crippen LogP contribution in [0.2, 0.25) is 0 Å². The molecule has 3 saturated heterocycles. The highest BCUT2D eigenvalue weighted by Gasteiger charge is 2.31. The third-order valence-electron chi connectivity index (χ3n) is 5.28. The normalized spacial score (nSPS) is 24.6. The lowest BCUT2D eigenvalue weighted by Crippen LogP contribution is -2.63. The van der Waals surface area contributed by atoms with Gasteiger partial charge in [0.05, 0.1) is 0 Å². The molecule has 1 unspecified atom stereocenters. The highest BCUT2D eigenvalue weighted by molar-refractivity contribution is 14.0. The standard InChI is InChI=1S/C17H32N8S.HI/c1-14-21-22-16(23(14)2)12-20-17(18-5-4-10-26-3)19-11-15-13-24-6-8-25(15)9-7-24;/h15H,4-13H2,1-3H3,(H2,18,19,20);1H. The maximum Gasteiger partial charge on any atom is 0.191 e. The van der Waals surface area contributed by atoms with Gasteiger partial charge in [-0.25, -0.2) is 4.99 Å². The van der Waals surface area contributed by atoms with Gasteiger partial charge >= 0.3 is 0 Å². The number of guanidine groups is 1. The predicted molar refractivity (Wildman–Crippen MR) is 123 cm³/mol. The van der Waals surface area contributed by atoms with Crippen molar-refractivity contribution in [2.24, 2.45) is 12.0 Å². The highest BCUT2D eigenvalue weighted by Crippen LogP contribution is 2.14. The second-order valence-corrected chi connectivity index (χ2v) is 8.02. The summed E-state index contributed by atoms with van der Waals surface area (Å²) in [4.78, 5) is 9.91. The van der Waals surface area contributed by atoms with Crippen molar-refractivity contribution in [1.29, 1.82) is 0 Å². The summed E-state index contributed by atoms with van der Waals surface area (Å²) in [6.45, 7) is 10.3. The van der Waals surface area contributed by atoms with Crippen LogP contribution in [-0.4, -0.2) is 94.4 Å². The molecule has 10 heteroatoms. The summed E-state index contributed by atoms with van der Waals surface area (Å²) >= 11 is 1.88. The Kier molecular flexibility index (Phi) is 9.60. The topological polar surface area (TPSA) is 73.6 Å². The summed E-state index contributed by atoms with van der Waals surface area (Å²) in [5.41, 5.74) is 0. The van der Waals surface area contributed by atoms with Gasteiger partial charge in [0, 0.05) is 58.9 Å². The van der Waals surface area contributed by atoms with E-state index in [1.54, 1.807) is 0 Å². The molecule has 4 rings (SSSR count). The number of halogens is 1. The summed E-state index contributed by atoms with van der Waals surface area (Å²) in [7, 11) is 1.99. The van der Waals surface area contributed by atoms with Crippen LogP contribution in [0.25, 0.3) is 0 Å². The minimum absolute atomic E-state index is 0. The molecular formula is C17H33IN8S. The zero-order valence-corrected chi connectivity index (χ0v) is 19.8. The van der Waals surface area contributed by atoms with Crippen molar-refractivity contribution in [1.82, 2.24) is 35.2 Å². The maximum atomic E-state index is 4.74. The third kappa shape index (κ3) is 6.47. The molecule has 8 nitrogen and oxygen atoms in total. The molecule has 1 aromatic heterocycles. The van der Waals surface area contributed by atoms with Gasteiger partial charge in [0.1, 0.15) is 12.4 Å². The molecule has 3 fully saturated rings. The molecule has 2 N–H and O–H groups in total. The van der Waals surface area contributed by atoms with Gasteiger partial charge in [-0.2, -0.15) is 11.8 Å². The quantitative estimate of drug-likeness (QED) is 0.230. The number of nitrogens with zero attached hydrogens (tertiary/aromatic N) is 6. The van der Waals surface area contributed by atoms with Crippen LogP contribution in [0.15, 0.2) is 4.99 Å². The van der Waals surface area contributed by atoms with Crippen LogP contribution in [0.1, 0.15) is 18.1 Å². The van der Waals surface area contributed by atoms with Crippen LogP contribution in [0.5, 0.6) is 0 Å². The number of rotatable bonds is 8. The number of aromatic nitrogens is 3. The molecule has 1 atom stereocenters. The number of hydrogen-bond acceptors (Lipinski definition) is 6. The van der Waals surface area contributed by atoms with Gasteiger partial charge in [-0.05, 0) is 25.4 Å². The average molecular weight is 508 g/mol. The molecule has 4 heterocycles. The van der Waals surface area contributed by atoms with E-state index in [1.807, 2.05) is 30.3 Å². The number of fused-ring (bicyclic) bond motifs is 3. The minimum atomic E-state index is 0. The minimum Gasteiger partial charge on any atom is -0.356 e. The Bertz CT molecular complexity index is 600. The summed E-state index contributed by atoms with van der Waals surface area (Å²) in [6.07, 6.45) is 3.28. The molecule has 0 aromatic carbocycles. The second-order valence-electron chi connectivity index (χ2n) is 7.03. The molecule has 0 saturated carbocycles. The van der Waals surface area contributed by atoms with Crippen molar-refractivity contribution in [3.8, 4) is 0 Å². The first-order chi connectivity index (χ1) is 12.7. The van der Waals surface area contributed by atoms with Crippen molar-refractivity contribution < 1.29 is 0 Å². The van der Waals surface area contributed by atoms with Gasteiger partial charge in [0.25, 0.3) is 0 Å². The van der Waals surface area contributed by atoms with Gasteiger partial charge in [-0.1, -0.05) is 0 Å². The Balaban J connectivity index is 0.00000261. The van der Waals surface area contributed by atoms with Crippen molar-refractivity contribution in [2.75, 3.05) is 57.8 Å². The lowest BCUT2D eigenvalue weighted by atomic mass is 10.1. The Morgan fingerprint density at radius 3 is 2.59 bits per heavy atom. The summed E-state index contributed by atoms with van der Waals surface area (Å²) in [5.74, 6) is 3.84. The maximum absolute atomic E-state index is 4.74. The van der Waals surface area contributed by atoms with E-state index in [4.69, 9.17) is 4.99 Å². The van der Waals surface area contributed by atoms with E-state index in [1.165, 1.54) is 26.2 Å². The predicted octanol–water partition coefficient (Wildman–Crippen LogP) is 0.530. The smallest absolute Gasteiger partial charge is 0.191 e. The van der Waals surface area contributed by atoms with Crippen molar-refractivity contribution >= 4 is 41.7 Å². The van der Waals surface area contributed by atoms with Gasteiger partial charge in [-0.15, -0.1) is 34.2 Å². The van der Waals surface area contributed by atoms with E-state index in [0.29, 0.717) is 12.6 Å². The number of hydrogen-bond donors (Lipinski definition) is 2. The van der Waals surface area contributed by atoms with Crippen molar-refractivity contribution in [3.63, 3.8) is 0 Å². The van der Waals surface area contributed by atoms with E-state index >= 15 is 0 Å². The Hall–Kier alpha value is -0.590. The van der Waals surface area contributed by atoms with Gasteiger partial charge < -0.3 is 15.2 Å². The van der Waals surface area contributed by atoms with E-state index in [2.05, 4.69) is 36.9 Å². The molecule has 27 heavy (non-hydrogen) atoms. The monoisotopic (exact) mass is 508 g/mol. The van der Waals surface area contributed by atoms with E-state index in [-0.39, 0.29) is 24.0 Å². The zero-order chi connectivity index (χ0) is 18.4. The fraction of sp³-hybridized carbons (Fsp3) is 0.824. The molecule has 2 bridgehead atoms. The molecule has 3 aliphatic rings. The fourth-order valence-corrected chi connectivity index (χ4v) is 3.90. The second kappa shape index (κ2) is 11.4. The number of piperazine rings is 3. The Labute approximate surface area is 184 Å². The Morgan fingerprint density at radius 1 is 1.22 bits per heavy atom. The van der Waals surface area contributed by atoms with Crippen LogP contribution in [0.3, 0.4) is 0 Å². The average Bonchev–Trinajstić information content (AvgIpc) is 2.99. The van der Waals surface area contributed by atoms with Crippen LogP contribution in [0, 0.1) is 6.92 Å². The van der Waals surface area contributed by atoms with Gasteiger partial charge in [-0.3, -0.25) is 9.80 Å². The summed E-state index contributed by atoms with van der Waals surface area (Å²) in [6, 6.07) is 0.577. The van der Waals surface area contributed by atoms with Crippen LogP contribution in [0.4, 0.5) is 0 Å². The highest BCUT2D eigenvalue weighted by atomic mass is 127. The molecule has 0 radical (unpaired) electrons. The van der Waals surface area contributed by atoms with E-state index in [9.17, 15) is 0 Å². The number of aliphatic imine (C=N–C) groups is 1. The van der Waals surface area contributed by atoms with Gasteiger partial charge in [0.2, 0.25) is 0 Å². The molecule has 0 amide bonds. The summed E-state index contributed by atoms with van der Waals surface area (Å²) in [5, 5.41) is 15.3. The lowest BCUT2D eigenvalue weighted by Gasteiger charge is -2.47. The molecule has 3 aliphatic heterocycles. The Morgan fingerprint density at radius 2 is 2.00 bits per heavy atom. The van der Waals surface area contributed by atoms with Gasteiger partial charge in [0.15, 0.2) is 11.8 Å². The lowest BCUT2D eigenvalue weighted by molar-refractivity contribution is 0.0154. The summed E-state index contributed by atoms with van der Waals surface area (Å²) < 4.78 is 1.99. The van der Waals surface area contributed by atoms with E-state index in [0.717, 1.165) is 49.4 Å².